The van der Waals surface area contributed by atoms with Crippen LogP contribution in [0.2, 0.25) is 0 Å². The highest BCUT2D eigenvalue weighted by Gasteiger charge is 2.16. The van der Waals surface area contributed by atoms with Crippen LogP contribution in [0.5, 0.6) is 5.75 Å². The summed E-state index contributed by atoms with van der Waals surface area (Å²) in [4.78, 5) is 11.4. The Morgan fingerprint density at radius 1 is 1.33 bits per heavy atom. The number of carbonyl (C=O) groups is 1. The van der Waals surface area contributed by atoms with E-state index in [2.05, 4.69) is 5.32 Å². The van der Waals surface area contributed by atoms with Crippen LogP contribution in [0.1, 0.15) is 5.56 Å². The number of hydrogen-bond acceptors (Lipinski definition) is 5. The van der Waals surface area contributed by atoms with E-state index >= 15 is 0 Å². The van der Waals surface area contributed by atoms with Crippen LogP contribution in [-0.4, -0.2) is 39.0 Å². The first-order chi connectivity index (χ1) is 8.71. The summed E-state index contributed by atoms with van der Waals surface area (Å²) in [5.74, 6) is 2.18. The van der Waals surface area contributed by atoms with Gasteiger partial charge in [-0.3, -0.25) is 4.79 Å². The smallest absolute Gasteiger partial charge is 0.323 e. The largest absolute Gasteiger partial charge is 0.497 e. The molecule has 1 N–H and O–H groups in total. The minimum absolute atomic E-state index is 0.222. The highest BCUT2D eigenvalue weighted by atomic mass is 32.2. The van der Waals surface area contributed by atoms with E-state index in [0.29, 0.717) is 5.75 Å². The molecule has 0 saturated heterocycles. The van der Waals surface area contributed by atoms with Gasteiger partial charge in [0.15, 0.2) is 0 Å². The minimum Gasteiger partial charge on any atom is -0.497 e. The second-order valence-electron chi connectivity index (χ2n) is 3.73. The summed E-state index contributed by atoms with van der Waals surface area (Å²) in [6.45, 7) is 0. The zero-order chi connectivity index (χ0) is 13.4. The first kappa shape index (κ1) is 14.9. The van der Waals surface area contributed by atoms with Gasteiger partial charge in [0.05, 0.1) is 14.2 Å². The van der Waals surface area contributed by atoms with Gasteiger partial charge in [-0.15, -0.1) is 0 Å². The van der Waals surface area contributed by atoms with E-state index in [9.17, 15) is 4.79 Å². The molecular weight excluding hydrogens is 250 g/mol. The Morgan fingerprint density at radius 3 is 2.50 bits per heavy atom. The molecule has 1 rings (SSSR count). The van der Waals surface area contributed by atoms with Crippen LogP contribution < -0.4 is 10.1 Å². The first-order valence-corrected chi connectivity index (χ1v) is 6.82. The van der Waals surface area contributed by atoms with E-state index in [4.69, 9.17) is 9.47 Å². The van der Waals surface area contributed by atoms with Crippen molar-refractivity contribution in [2.24, 2.45) is 0 Å². The number of benzene rings is 1. The van der Waals surface area contributed by atoms with Crippen molar-refractivity contribution in [1.29, 1.82) is 0 Å². The van der Waals surface area contributed by atoms with Crippen molar-refractivity contribution in [1.82, 2.24) is 5.32 Å². The SMILES string of the molecule is CN[C@@H](CSCc1ccc(OC)cc1)C(=O)OC. The minimum atomic E-state index is -0.252. The molecule has 18 heavy (non-hydrogen) atoms. The third-order valence-corrected chi connectivity index (χ3v) is 3.65. The number of rotatable bonds is 7. The Morgan fingerprint density at radius 2 is 2.00 bits per heavy atom. The lowest BCUT2D eigenvalue weighted by Crippen LogP contribution is -2.37. The Labute approximate surface area is 112 Å². The Kier molecular flexibility index (Phi) is 6.60. The van der Waals surface area contributed by atoms with Gasteiger partial charge < -0.3 is 14.8 Å². The lowest BCUT2D eigenvalue weighted by Gasteiger charge is -2.13. The van der Waals surface area contributed by atoms with Gasteiger partial charge in [-0.25, -0.2) is 0 Å². The number of hydrogen-bond donors (Lipinski definition) is 1. The number of likely N-dealkylation sites (N-methyl/N-ethyl adjacent to an activating group) is 1. The second kappa shape index (κ2) is 8.00. The summed E-state index contributed by atoms with van der Waals surface area (Å²) in [5.41, 5.74) is 1.21. The molecule has 0 saturated carbocycles. The normalized spacial score (nSPS) is 11.9. The molecule has 0 heterocycles. The van der Waals surface area contributed by atoms with Crippen LogP contribution >= 0.6 is 11.8 Å². The summed E-state index contributed by atoms with van der Waals surface area (Å²) in [6.07, 6.45) is 0. The molecule has 0 aliphatic carbocycles. The number of ether oxygens (including phenoxy) is 2. The van der Waals surface area contributed by atoms with E-state index in [1.54, 1.807) is 25.9 Å². The van der Waals surface area contributed by atoms with Crippen LogP contribution in [0.3, 0.4) is 0 Å². The molecule has 0 fully saturated rings. The summed E-state index contributed by atoms with van der Waals surface area (Å²) in [6, 6.07) is 7.67. The van der Waals surface area contributed by atoms with Gasteiger partial charge in [0.1, 0.15) is 11.8 Å². The highest BCUT2D eigenvalue weighted by Crippen LogP contribution is 2.17. The van der Waals surface area contributed by atoms with E-state index in [1.807, 2.05) is 24.3 Å². The first-order valence-electron chi connectivity index (χ1n) is 5.67. The fourth-order valence-corrected chi connectivity index (χ4v) is 2.51. The average molecular weight is 269 g/mol. The molecule has 0 aromatic heterocycles. The highest BCUT2D eigenvalue weighted by molar-refractivity contribution is 7.98. The Hall–Kier alpha value is -1.20. The lowest BCUT2D eigenvalue weighted by molar-refractivity contribution is -0.142. The van der Waals surface area contributed by atoms with Gasteiger partial charge >= 0.3 is 5.97 Å². The quantitative estimate of drug-likeness (QED) is 0.763. The lowest BCUT2D eigenvalue weighted by atomic mass is 10.2. The molecule has 5 heteroatoms. The van der Waals surface area contributed by atoms with Gasteiger partial charge in [-0.05, 0) is 24.7 Å². The van der Waals surface area contributed by atoms with Crippen LogP contribution in [0.15, 0.2) is 24.3 Å². The molecule has 0 spiro atoms. The van der Waals surface area contributed by atoms with Crippen molar-refractivity contribution in [2.45, 2.75) is 11.8 Å². The predicted octanol–water partition coefficient (Wildman–Crippen LogP) is 1.69. The van der Waals surface area contributed by atoms with Crippen molar-refractivity contribution in [2.75, 3.05) is 27.0 Å². The van der Waals surface area contributed by atoms with Crippen molar-refractivity contribution < 1.29 is 14.3 Å². The summed E-state index contributed by atoms with van der Waals surface area (Å²) in [7, 11) is 4.81. The molecular formula is C13H19NO3S. The van der Waals surface area contributed by atoms with E-state index in [-0.39, 0.29) is 12.0 Å². The van der Waals surface area contributed by atoms with Crippen molar-refractivity contribution in [3.8, 4) is 5.75 Å². The number of esters is 1. The fraction of sp³-hybridized carbons (Fsp3) is 0.462. The molecule has 4 nitrogen and oxygen atoms in total. The second-order valence-corrected chi connectivity index (χ2v) is 4.76. The predicted molar refractivity (Wildman–Crippen MR) is 74.0 cm³/mol. The molecule has 0 radical (unpaired) electrons. The Balaban J connectivity index is 2.37. The van der Waals surface area contributed by atoms with E-state index in [1.165, 1.54) is 12.7 Å². The van der Waals surface area contributed by atoms with E-state index in [0.717, 1.165) is 11.5 Å². The molecule has 100 valence electrons. The van der Waals surface area contributed by atoms with Crippen LogP contribution in [0.25, 0.3) is 0 Å². The third kappa shape index (κ3) is 4.58. The monoisotopic (exact) mass is 269 g/mol. The van der Waals surface area contributed by atoms with Crippen molar-refractivity contribution in [3.05, 3.63) is 29.8 Å². The van der Waals surface area contributed by atoms with Gasteiger partial charge in [-0.1, -0.05) is 12.1 Å². The van der Waals surface area contributed by atoms with Gasteiger partial charge in [0.25, 0.3) is 0 Å². The molecule has 0 unspecified atom stereocenters. The third-order valence-electron chi connectivity index (χ3n) is 2.55. The number of carbonyl (C=O) groups excluding carboxylic acids is 1. The topological polar surface area (TPSA) is 47.6 Å². The maximum absolute atomic E-state index is 11.4. The van der Waals surface area contributed by atoms with Crippen LogP contribution in [0, 0.1) is 0 Å². The van der Waals surface area contributed by atoms with Crippen LogP contribution in [0.4, 0.5) is 0 Å². The number of methoxy groups -OCH3 is 2. The van der Waals surface area contributed by atoms with E-state index < -0.39 is 0 Å². The molecule has 0 aliphatic heterocycles. The molecule has 1 atom stereocenters. The number of nitrogens with one attached hydrogen (secondary N) is 1. The molecule has 0 amide bonds. The maximum atomic E-state index is 11.4. The summed E-state index contributed by atoms with van der Waals surface area (Å²) in [5, 5.41) is 2.94. The van der Waals surface area contributed by atoms with Crippen molar-refractivity contribution in [3.63, 3.8) is 0 Å². The van der Waals surface area contributed by atoms with Gasteiger partial charge in [0, 0.05) is 11.5 Å². The maximum Gasteiger partial charge on any atom is 0.323 e. The van der Waals surface area contributed by atoms with Crippen molar-refractivity contribution >= 4 is 17.7 Å². The summed E-state index contributed by atoms with van der Waals surface area (Å²) < 4.78 is 9.80. The van der Waals surface area contributed by atoms with Gasteiger partial charge in [-0.2, -0.15) is 11.8 Å². The molecule has 1 aromatic carbocycles. The van der Waals surface area contributed by atoms with Crippen LogP contribution in [-0.2, 0) is 15.3 Å². The Bertz CT molecular complexity index is 367. The summed E-state index contributed by atoms with van der Waals surface area (Å²) >= 11 is 1.69. The van der Waals surface area contributed by atoms with Gasteiger partial charge in [0.2, 0.25) is 0 Å². The average Bonchev–Trinajstić information content (AvgIpc) is 2.43. The molecule has 1 aromatic rings. The molecule has 0 aliphatic rings. The molecule has 0 bridgehead atoms. The zero-order valence-electron chi connectivity index (χ0n) is 10.9. The standard InChI is InChI=1S/C13H19NO3S/c1-14-12(13(15)17-3)9-18-8-10-4-6-11(16-2)7-5-10/h4-7,12,14H,8-9H2,1-3H3/t12-/m0/s1. The fourth-order valence-electron chi connectivity index (χ4n) is 1.43. The zero-order valence-corrected chi connectivity index (χ0v) is 11.8. The number of thioether (sulfide) groups is 1.